The molecule has 2 aliphatic rings. The molecule has 2 N–H and O–H groups in total. The Morgan fingerprint density at radius 1 is 1.00 bits per heavy atom. The molecule has 7 heteroatoms. The van der Waals surface area contributed by atoms with Crippen molar-refractivity contribution in [2.75, 3.05) is 37.7 Å². The van der Waals surface area contributed by atoms with E-state index in [2.05, 4.69) is 43.2 Å². The van der Waals surface area contributed by atoms with Crippen LogP contribution in [0.25, 0.3) is 33.5 Å². The average molecular weight is 445 g/mol. The van der Waals surface area contributed by atoms with E-state index in [1.165, 1.54) is 50.9 Å². The lowest BCUT2D eigenvalue weighted by Gasteiger charge is -2.41. The summed E-state index contributed by atoms with van der Waals surface area (Å²) in [4.78, 5) is 13.6. The first-order valence-electron chi connectivity index (χ1n) is 12.4. The minimum atomic E-state index is 0.613. The number of benzene rings is 2. The monoisotopic (exact) mass is 444 g/mol. The summed E-state index contributed by atoms with van der Waals surface area (Å²) < 4.78 is 5.85. The number of hydrogen-bond donors (Lipinski definition) is 2. The van der Waals surface area contributed by atoms with Crippen LogP contribution in [-0.2, 0) is 0 Å². The van der Waals surface area contributed by atoms with Crippen molar-refractivity contribution in [1.29, 1.82) is 0 Å². The van der Waals surface area contributed by atoms with Gasteiger partial charge in [-0.1, -0.05) is 12.5 Å². The van der Waals surface area contributed by atoms with Gasteiger partial charge in [-0.25, -0.2) is 4.98 Å². The molecule has 2 saturated heterocycles. The van der Waals surface area contributed by atoms with Crippen LogP contribution in [0.1, 0.15) is 39.0 Å². The molecule has 0 radical (unpaired) electrons. The average Bonchev–Trinajstić information content (AvgIpc) is 3.49. The number of nitrogens with one attached hydrogen (secondary N) is 2. The van der Waals surface area contributed by atoms with Crippen molar-refractivity contribution in [1.82, 2.24) is 25.1 Å². The number of nitrogens with zero attached hydrogens (tertiary/aromatic N) is 4. The summed E-state index contributed by atoms with van der Waals surface area (Å²) in [5, 5.41) is 8.65. The van der Waals surface area contributed by atoms with Crippen LogP contribution >= 0.6 is 0 Å². The number of H-pyrrole nitrogens is 2. The molecule has 0 bridgehead atoms. The molecule has 0 unspecified atom stereocenters. The molecule has 33 heavy (non-hydrogen) atoms. The van der Waals surface area contributed by atoms with E-state index in [0.29, 0.717) is 6.61 Å². The number of piperidine rings is 2. The molecule has 7 nitrogen and oxygen atoms in total. The highest BCUT2D eigenvalue weighted by molar-refractivity contribution is 5.97. The maximum Gasteiger partial charge on any atom is 0.159 e. The van der Waals surface area contributed by atoms with Gasteiger partial charge in [-0.3, -0.25) is 5.10 Å². The number of ether oxygens (including phenoxy) is 1. The van der Waals surface area contributed by atoms with Crippen molar-refractivity contribution < 1.29 is 4.74 Å². The molecule has 4 aromatic rings. The number of rotatable bonds is 5. The number of likely N-dealkylation sites (tertiary alicyclic amines) is 1. The van der Waals surface area contributed by atoms with Crippen molar-refractivity contribution in [3.05, 3.63) is 36.4 Å². The molecule has 0 saturated carbocycles. The van der Waals surface area contributed by atoms with E-state index in [1.54, 1.807) is 0 Å². The van der Waals surface area contributed by atoms with E-state index < -0.39 is 0 Å². The summed E-state index contributed by atoms with van der Waals surface area (Å²) in [5.41, 5.74) is 5.03. The molecule has 0 spiro atoms. The third-order valence-electron chi connectivity index (χ3n) is 7.28. The van der Waals surface area contributed by atoms with Gasteiger partial charge >= 0.3 is 0 Å². The highest BCUT2D eigenvalue weighted by Gasteiger charge is 2.26. The standard InChI is InChI=1S/C26H32N6O/c1-2-33-23-8-6-7-21-24(23)25(30-29-21)26-27-20-10-9-19(17-22(20)28-26)32-15-11-18(12-16-32)31-13-4-3-5-14-31/h6-10,17-18H,2-5,11-16H2,1H3,(H,27,28)(H,29,30). The largest absolute Gasteiger partial charge is 0.493 e. The number of imidazole rings is 1. The minimum Gasteiger partial charge on any atom is -0.493 e. The lowest BCUT2D eigenvalue weighted by molar-refractivity contribution is 0.141. The fourth-order valence-electron chi connectivity index (χ4n) is 5.57. The molecule has 2 fully saturated rings. The molecule has 172 valence electrons. The third kappa shape index (κ3) is 3.84. The second-order valence-corrected chi connectivity index (χ2v) is 9.29. The highest BCUT2D eigenvalue weighted by Crippen LogP contribution is 2.34. The Kier molecular flexibility index (Phi) is 5.42. The van der Waals surface area contributed by atoms with Gasteiger partial charge in [0.25, 0.3) is 0 Å². The Morgan fingerprint density at radius 3 is 2.67 bits per heavy atom. The van der Waals surface area contributed by atoms with E-state index >= 15 is 0 Å². The van der Waals surface area contributed by atoms with Crippen LogP contribution in [-0.4, -0.2) is 63.9 Å². The number of aromatic amines is 2. The van der Waals surface area contributed by atoms with Gasteiger partial charge in [0.1, 0.15) is 11.4 Å². The van der Waals surface area contributed by atoms with Gasteiger partial charge in [0.05, 0.1) is 28.5 Å². The van der Waals surface area contributed by atoms with Crippen molar-refractivity contribution in [2.24, 2.45) is 0 Å². The van der Waals surface area contributed by atoms with Gasteiger partial charge in [-0.15, -0.1) is 0 Å². The second kappa shape index (κ2) is 8.71. The number of fused-ring (bicyclic) bond motifs is 2. The molecule has 6 rings (SSSR count). The van der Waals surface area contributed by atoms with E-state index in [1.807, 2.05) is 25.1 Å². The highest BCUT2D eigenvalue weighted by atomic mass is 16.5. The minimum absolute atomic E-state index is 0.613. The predicted octanol–water partition coefficient (Wildman–Crippen LogP) is 4.96. The van der Waals surface area contributed by atoms with E-state index in [0.717, 1.165) is 58.3 Å². The topological polar surface area (TPSA) is 73.1 Å². The molecule has 4 heterocycles. The van der Waals surface area contributed by atoms with E-state index in [9.17, 15) is 0 Å². The molecule has 2 aliphatic heterocycles. The molecular formula is C26H32N6O. The zero-order valence-electron chi connectivity index (χ0n) is 19.3. The van der Waals surface area contributed by atoms with Crippen LogP contribution in [0.5, 0.6) is 5.75 Å². The van der Waals surface area contributed by atoms with Crippen LogP contribution in [0.15, 0.2) is 36.4 Å². The SMILES string of the molecule is CCOc1cccc2[nH]nc(-c3nc4ccc(N5CCC(N6CCCCC6)CC5)cc4[nH]3)c12. The number of anilines is 1. The van der Waals surface area contributed by atoms with Gasteiger partial charge in [-0.2, -0.15) is 5.10 Å². The summed E-state index contributed by atoms with van der Waals surface area (Å²) in [6.45, 7) is 7.43. The van der Waals surface area contributed by atoms with Gasteiger partial charge in [-0.05, 0) is 76.0 Å². The van der Waals surface area contributed by atoms with Crippen molar-refractivity contribution in [3.8, 4) is 17.3 Å². The first kappa shape index (κ1) is 20.5. The summed E-state index contributed by atoms with van der Waals surface area (Å²) in [5.74, 6) is 1.60. The van der Waals surface area contributed by atoms with E-state index in [4.69, 9.17) is 9.72 Å². The quantitative estimate of drug-likeness (QED) is 0.455. The van der Waals surface area contributed by atoms with Crippen molar-refractivity contribution in [2.45, 2.75) is 45.1 Å². The van der Waals surface area contributed by atoms with Crippen LogP contribution < -0.4 is 9.64 Å². The maximum absolute atomic E-state index is 5.85. The molecule has 0 aliphatic carbocycles. The lowest BCUT2D eigenvalue weighted by atomic mass is 9.99. The Labute approximate surface area is 194 Å². The number of hydrogen-bond acceptors (Lipinski definition) is 5. The zero-order chi connectivity index (χ0) is 22.2. The fraction of sp³-hybridized carbons (Fsp3) is 0.462. The van der Waals surface area contributed by atoms with Crippen LogP contribution in [0.4, 0.5) is 5.69 Å². The Morgan fingerprint density at radius 2 is 1.85 bits per heavy atom. The van der Waals surface area contributed by atoms with Gasteiger partial charge in [0.15, 0.2) is 5.82 Å². The first-order chi connectivity index (χ1) is 16.3. The van der Waals surface area contributed by atoms with Gasteiger partial charge in [0.2, 0.25) is 0 Å². The van der Waals surface area contributed by atoms with Crippen LogP contribution in [0, 0.1) is 0 Å². The summed E-state index contributed by atoms with van der Waals surface area (Å²) in [7, 11) is 0. The normalized spacial score (nSPS) is 18.4. The lowest BCUT2D eigenvalue weighted by Crippen LogP contribution is -2.46. The molecule has 2 aromatic carbocycles. The Bertz CT molecular complexity index is 1250. The number of aromatic nitrogens is 4. The smallest absolute Gasteiger partial charge is 0.159 e. The third-order valence-corrected chi connectivity index (χ3v) is 7.28. The van der Waals surface area contributed by atoms with Crippen molar-refractivity contribution in [3.63, 3.8) is 0 Å². The zero-order valence-corrected chi connectivity index (χ0v) is 19.3. The van der Waals surface area contributed by atoms with Gasteiger partial charge in [0, 0.05) is 24.8 Å². The molecular weight excluding hydrogens is 412 g/mol. The Hall–Kier alpha value is -3.06. The van der Waals surface area contributed by atoms with Crippen LogP contribution in [0.2, 0.25) is 0 Å². The second-order valence-electron chi connectivity index (χ2n) is 9.29. The first-order valence-corrected chi connectivity index (χ1v) is 12.4. The predicted molar refractivity (Wildman–Crippen MR) is 133 cm³/mol. The van der Waals surface area contributed by atoms with Gasteiger partial charge < -0.3 is 19.5 Å². The Balaban J connectivity index is 1.24. The molecule has 2 aromatic heterocycles. The molecule has 0 atom stereocenters. The van der Waals surface area contributed by atoms with E-state index in [-0.39, 0.29) is 0 Å². The summed E-state index contributed by atoms with van der Waals surface area (Å²) in [6, 6.07) is 13.3. The maximum atomic E-state index is 5.85. The summed E-state index contributed by atoms with van der Waals surface area (Å²) in [6.07, 6.45) is 6.66. The molecule has 0 amide bonds. The van der Waals surface area contributed by atoms with Crippen LogP contribution in [0.3, 0.4) is 0 Å². The fourth-order valence-corrected chi connectivity index (χ4v) is 5.57. The van der Waals surface area contributed by atoms with Crippen molar-refractivity contribution >= 4 is 27.6 Å². The summed E-state index contributed by atoms with van der Waals surface area (Å²) >= 11 is 0.